The highest BCUT2D eigenvalue weighted by Crippen LogP contribution is 2.54. The number of aliphatic carboxylic acids is 1. The van der Waals surface area contributed by atoms with Crippen LogP contribution in [0.1, 0.15) is 50.2 Å². The highest BCUT2D eigenvalue weighted by atomic mass is 32.2. The summed E-state index contributed by atoms with van der Waals surface area (Å²) in [6.45, 7) is 0.849. The van der Waals surface area contributed by atoms with Crippen molar-refractivity contribution in [2.75, 3.05) is 13.1 Å². The standard InChI is InChI=1S/C28H27F8NO5S/c1-24(23(39)40)12-10-17(11-13-24)22(38)37-15-14-25(16-37,43(41,42)21-8-6-20(29)7-9-21)18-2-4-19(5-3-18)26(30,27(31,32)33)28(34,35)36/h2-9,17H,10-16H2,1H3,(H,39,40). The molecular formula is C28H27F8NO5S. The Balaban J connectivity index is 1.74. The van der Waals surface area contributed by atoms with E-state index < -0.39 is 78.6 Å². The van der Waals surface area contributed by atoms with Crippen LogP contribution < -0.4 is 0 Å². The Bertz CT molecular complexity index is 1470. The number of sulfone groups is 1. The van der Waals surface area contributed by atoms with Gasteiger partial charge in [-0.15, -0.1) is 0 Å². The van der Waals surface area contributed by atoms with E-state index in [0.717, 1.165) is 24.3 Å². The molecule has 43 heavy (non-hydrogen) atoms. The van der Waals surface area contributed by atoms with Crippen molar-refractivity contribution in [2.45, 2.75) is 66.7 Å². The number of carbonyl (C=O) groups is 2. The van der Waals surface area contributed by atoms with Crippen LogP contribution in [0.25, 0.3) is 0 Å². The molecule has 0 spiro atoms. The first-order chi connectivity index (χ1) is 19.7. The van der Waals surface area contributed by atoms with E-state index >= 15 is 0 Å². The highest BCUT2D eigenvalue weighted by Gasteiger charge is 2.73. The summed E-state index contributed by atoms with van der Waals surface area (Å²) in [5.41, 5.74) is -8.85. The Morgan fingerprint density at radius 3 is 1.84 bits per heavy atom. The molecule has 1 N–H and O–H groups in total. The van der Waals surface area contributed by atoms with Crippen LogP contribution in [0.3, 0.4) is 0 Å². The summed E-state index contributed by atoms with van der Waals surface area (Å²) in [6.07, 6.45) is -12.3. The maximum absolute atomic E-state index is 14.7. The first-order valence-electron chi connectivity index (χ1n) is 13.2. The molecule has 236 valence electrons. The van der Waals surface area contributed by atoms with E-state index in [4.69, 9.17) is 0 Å². The predicted molar refractivity (Wildman–Crippen MR) is 135 cm³/mol. The van der Waals surface area contributed by atoms with Crippen molar-refractivity contribution in [1.29, 1.82) is 0 Å². The number of benzene rings is 2. The Morgan fingerprint density at radius 2 is 1.37 bits per heavy atom. The lowest BCUT2D eigenvalue weighted by atomic mass is 9.71. The fourth-order valence-corrected chi connectivity index (χ4v) is 7.96. The second kappa shape index (κ2) is 10.7. The minimum Gasteiger partial charge on any atom is -0.481 e. The predicted octanol–water partition coefficient (Wildman–Crippen LogP) is 6.30. The Morgan fingerprint density at radius 1 is 0.860 bits per heavy atom. The highest BCUT2D eigenvalue weighted by molar-refractivity contribution is 7.92. The molecule has 1 aliphatic heterocycles. The number of likely N-dealkylation sites (tertiary alicyclic amines) is 1. The maximum Gasteiger partial charge on any atom is 0.435 e. The van der Waals surface area contributed by atoms with Gasteiger partial charge in [0.2, 0.25) is 5.91 Å². The van der Waals surface area contributed by atoms with Gasteiger partial charge in [-0.25, -0.2) is 17.2 Å². The number of rotatable bonds is 6. The van der Waals surface area contributed by atoms with Crippen molar-refractivity contribution in [1.82, 2.24) is 4.90 Å². The quantitative estimate of drug-likeness (QED) is 0.296. The first-order valence-corrected chi connectivity index (χ1v) is 14.6. The van der Waals surface area contributed by atoms with Crippen LogP contribution in [0, 0.1) is 17.2 Å². The van der Waals surface area contributed by atoms with Crippen molar-refractivity contribution in [2.24, 2.45) is 11.3 Å². The van der Waals surface area contributed by atoms with Gasteiger partial charge in [-0.2, -0.15) is 26.3 Å². The van der Waals surface area contributed by atoms with Gasteiger partial charge in [-0.1, -0.05) is 24.3 Å². The van der Waals surface area contributed by atoms with Gasteiger partial charge in [0, 0.05) is 24.6 Å². The van der Waals surface area contributed by atoms with E-state index in [0.29, 0.717) is 12.1 Å². The lowest BCUT2D eigenvalue weighted by Crippen LogP contribution is -2.50. The van der Waals surface area contributed by atoms with Gasteiger partial charge in [0.15, 0.2) is 9.84 Å². The summed E-state index contributed by atoms with van der Waals surface area (Å²) >= 11 is 0. The number of carboxylic acids is 1. The van der Waals surface area contributed by atoms with Gasteiger partial charge in [-0.05, 0) is 68.9 Å². The number of hydrogen-bond donors (Lipinski definition) is 1. The zero-order valence-electron chi connectivity index (χ0n) is 22.6. The number of carboxylic acid groups (broad SMARTS) is 1. The van der Waals surface area contributed by atoms with Crippen molar-refractivity contribution in [3.63, 3.8) is 0 Å². The van der Waals surface area contributed by atoms with Gasteiger partial charge in [0.1, 0.15) is 10.6 Å². The van der Waals surface area contributed by atoms with Crippen LogP contribution in [-0.2, 0) is 29.8 Å². The van der Waals surface area contributed by atoms with Crippen LogP contribution >= 0.6 is 0 Å². The van der Waals surface area contributed by atoms with Crippen LogP contribution in [0.15, 0.2) is 53.4 Å². The number of halogens is 8. The molecule has 15 heteroatoms. The van der Waals surface area contributed by atoms with Gasteiger partial charge in [-0.3, -0.25) is 9.59 Å². The van der Waals surface area contributed by atoms with E-state index in [1.807, 2.05) is 0 Å². The lowest BCUT2D eigenvalue weighted by molar-refractivity contribution is -0.348. The number of carbonyl (C=O) groups excluding carboxylic acids is 1. The normalized spacial score (nSPS) is 25.5. The third-order valence-electron chi connectivity index (χ3n) is 8.73. The molecule has 2 fully saturated rings. The van der Waals surface area contributed by atoms with Gasteiger partial charge >= 0.3 is 24.0 Å². The summed E-state index contributed by atoms with van der Waals surface area (Å²) in [6, 6.07) is 5.36. The minimum absolute atomic E-state index is 0.161. The number of alkyl halides is 7. The van der Waals surface area contributed by atoms with Crippen LogP contribution in [-0.4, -0.2) is 55.7 Å². The molecule has 6 nitrogen and oxygen atoms in total. The second-order valence-electron chi connectivity index (χ2n) is 11.3. The summed E-state index contributed by atoms with van der Waals surface area (Å²) in [7, 11) is -4.58. The molecule has 1 amide bonds. The smallest absolute Gasteiger partial charge is 0.435 e. The molecule has 1 saturated heterocycles. The Hall–Kier alpha value is -3.23. The van der Waals surface area contributed by atoms with E-state index in [1.54, 1.807) is 6.92 Å². The average Bonchev–Trinajstić information content (AvgIpc) is 3.39. The largest absolute Gasteiger partial charge is 0.481 e. The summed E-state index contributed by atoms with van der Waals surface area (Å²) in [4.78, 5) is 25.8. The van der Waals surface area contributed by atoms with Crippen molar-refractivity contribution in [3.05, 3.63) is 65.5 Å². The molecule has 1 aliphatic carbocycles. The van der Waals surface area contributed by atoms with Crippen LogP contribution in [0.5, 0.6) is 0 Å². The lowest BCUT2D eigenvalue weighted by Gasteiger charge is -2.35. The minimum atomic E-state index is -6.38. The van der Waals surface area contributed by atoms with Crippen molar-refractivity contribution >= 4 is 21.7 Å². The second-order valence-corrected chi connectivity index (χ2v) is 13.6. The molecule has 4 rings (SSSR count). The number of nitrogens with zero attached hydrogens (tertiary/aromatic N) is 1. The summed E-state index contributed by atoms with van der Waals surface area (Å²) in [5, 5.41) is 9.47. The van der Waals surface area contributed by atoms with Crippen LogP contribution in [0.4, 0.5) is 35.1 Å². The third-order valence-corrected chi connectivity index (χ3v) is 11.2. The van der Waals surface area contributed by atoms with E-state index in [1.165, 1.54) is 4.90 Å². The molecular weight excluding hydrogens is 614 g/mol. The van der Waals surface area contributed by atoms with Crippen LogP contribution in [0.2, 0.25) is 0 Å². The topological polar surface area (TPSA) is 91.8 Å². The fraction of sp³-hybridized carbons (Fsp3) is 0.500. The van der Waals surface area contributed by atoms with E-state index in [9.17, 15) is 58.2 Å². The zero-order valence-corrected chi connectivity index (χ0v) is 23.4. The molecule has 1 unspecified atom stereocenters. The van der Waals surface area contributed by atoms with Gasteiger partial charge in [0.05, 0.1) is 10.3 Å². The Labute approximate surface area is 241 Å². The maximum atomic E-state index is 14.7. The van der Waals surface area contributed by atoms with Crippen molar-refractivity contribution in [3.8, 4) is 0 Å². The first kappa shape index (κ1) is 32.7. The van der Waals surface area contributed by atoms with Crippen molar-refractivity contribution < 1.29 is 58.2 Å². The van der Waals surface area contributed by atoms with Gasteiger partial charge in [0.25, 0.3) is 0 Å². The molecule has 2 aromatic carbocycles. The van der Waals surface area contributed by atoms with E-state index in [-0.39, 0.29) is 56.3 Å². The SMILES string of the molecule is CC1(C(=O)O)CCC(C(=O)N2CCC(c3ccc(C(F)(C(F)(F)F)C(F)(F)F)cc3)(S(=O)(=O)c3ccc(F)cc3)C2)CC1. The monoisotopic (exact) mass is 641 g/mol. The third kappa shape index (κ3) is 5.37. The summed E-state index contributed by atoms with van der Waals surface area (Å²) in [5.74, 6) is -2.90. The zero-order chi connectivity index (χ0) is 32.2. The molecule has 2 aliphatic rings. The Kier molecular flexibility index (Phi) is 8.16. The fourth-order valence-electron chi connectivity index (χ4n) is 5.89. The number of amides is 1. The molecule has 1 heterocycles. The molecule has 2 aromatic rings. The van der Waals surface area contributed by atoms with E-state index in [2.05, 4.69) is 0 Å². The number of hydrogen-bond acceptors (Lipinski definition) is 4. The average molecular weight is 642 g/mol. The van der Waals surface area contributed by atoms with Gasteiger partial charge < -0.3 is 10.0 Å². The molecule has 0 aromatic heterocycles. The molecule has 1 saturated carbocycles. The molecule has 0 bridgehead atoms. The molecule has 0 radical (unpaired) electrons. The molecule has 1 atom stereocenters. The summed E-state index contributed by atoms with van der Waals surface area (Å²) < 4.78 is 134.